The highest BCUT2D eigenvalue weighted by atomic mass is 32.2. The van der Waals surface area contributed by atoms with Gasteiger partial charge in [-0.15, -0.1) is 16.8 Å². The molecule has 2 aromatic heterocycles. The van der Waals surface area contributed by atoms with Crippen LogP contribution in [0.4, 0.5) is 5.13 Å². The lowest BCUT2D eigenvalue weighted by atomic mass is 10.0. The SMILES string of the molecule is C=CCNc1nnc(S[C@@H](C(=O)c2c[nH]c3ccccc23)c2ccccc2)s1. The number of hydrogen-bond donors (Lipinski definition) is 2. The average molecular weight is 407 g/mol. The second-order valence-corrected chi connectivity index (χ2v) is 8.39. The molecule has 2 N–H and O–H groups in total. The maximum Gasteiger partial charge on any atom is 0.206 e. The molecule has 0 aliphatic heterocycles. The summed E-state index contributed by atoms with van der Waals surface area (Å²) in [4.78, 5) is 16.7. The molecule has 0 amide bonds. The second-order valence-electron chi connectivity index (χ2n) is 6.06. The number of para-hydroxylation sites is 1. The molecule has 4 aromatic rings. The number of aromatic amines is 1. The van der Waals surface area contributed by atoms with Crippen molar-refractivity contribution in [3.8, 4) is 0 Å². The molecular formula is C21H18N4OS2. The Bertz CT molecular complexity index is 1100. The van der Waals surface area contributed by atoms with Crippen LogP contribution in [0.3, 0.4) is 0 Å². The first kappa shape index (κ1) is 18.5. The third-order valence-corrected chi connectivity index (χ3v) is 6.44. The minimum atomic E-state index is -0.402. The Labute approximate surface area is 170 Å². The molecule has 0 fully saturated rings. The summed E-state index contributed by atoms with van der Waals surface area (Å²) in [6.07, 6.45) is 3.56. The zero-order valence-corrected chi connectivity index (χ0v) is 16.6. The summed E-state index contributed by atoms with van der Waals surface area (Å²) in [5.41, 5.74) is 2.58. The number of ketones is 1. The van der Waals surface area contributed by atoms with Gasteiger partial charge in [-0.2, -0.15) is 0 Å². The largest absolute Gasteiger partial charge is 0.360 e. The molecule has 2 heterocycles. The Balaban J connectivity index is 1.67. The van der Waals surface area contributed by atoms with E-state index in [-0.39, 0.29) is 5.78 Å². The molecule has 0 spiro atoms. The Morgan fingerprint density at radius 1 is 1.18 bits per heavy atom. The van der Waals surface area contributed by atoms with E-state index in [1.54, 1.807) is 12.3 Å². The number of thioether (sulfide) groups is 1. The van der Waals surface area contributed by atoms with Crippen LogP contribution in [0.1, 0.15) is 21.2 Å². The van der Waals surface area contributed by atoms with Gasteiger partial charge in [0.05, 0.1) is 0 Å². The van der Waals surface area contributed by atoms with Crippen LogP contribution in [0.5, 0.6) is 0 Å². The van der Waals surface area contributed by atoms with Gasteiger partial charge in [-0.1, -0.05) is 77.7 Å². The predicted molar refractivity (Wildman–Crippen MR) is 116 cm³/mol. The Hall–Kier alpha value is -2.90. The molecule has 0 unspecified atom stereocenters. The molecule has 5 nitrogen and oxygen atoms in total. The number of rotatable bonds is 8. The van der Waals surface area contributed by atoms with E-state index in [0.717, 1.165) is 20.8 Å². The highest BCUT2D eigenvalue weighted by Crippen LogP contribution is 2.40. The van der Waals surface area contributed by atoms with E-state index in [0.29, 0.717) is 17.2 Å². The molecule has 0 aliphatic carbocycles. The van der Waals surface area contributed by atoms with Crippen LogP contribution < -0.4 is 5.32 Å². The Morgan fingerprint density at radius 2 is 1.96 bits per heavy atom. The lowest BCUT2D eigenvalue weighted by Gasteiger charge is -2.14. The van der Waals surface area contributed by atoms with E-state index >= 15 is 0 Å². The van der Waals surface area contributed by atoms with Gasteiger partial charge in [-0.25, -0.2) is 0 Å². The van der Waals surface area contributed by atoms with Crippen molar-refractivity contribution < 1.29 is 4.79 Å². The smallest absolute Gasteiger partial charge is 0.206 e. The second kappa shape index (κ2) is 8.41. The summed E-state index contributed by atoms with van der Waals surface area (Å²) in [5.74, 6) is 0.0458. The molecule has 4 rings (SSSR count). The van der Waals surface area contributed by atoms with E-state index < -0.39 is 5.25 Å². The molecule has 0 saturated carbocycles. The monoisotopic (exact) mass is 406 g/mol. The predicted octanol–water partition coefficient (Wildman–Crippen LogP) is 5.33. The van der Waals surface area contributed by atoms with Crippen molar-refractivity contribution in [1.29, 1.82) is 0 Å². The first-order valence-corrected chi connectivity index (χ1v) is 10.5. The third-order valence-electron chi connectivity index (χ3n) is 4.22. The van der Waals surface area contributed by atoms with Crippen LogP contribution in [0.25, 0.3) is 10.9 Å². The lowest BCUT2D eigenvalue weighted by molar-refractivity contribution is 0.0991. The fourth-order valence-corrected chi connectivity index (χ4v) is 4.93. The van der Waals surface area contributed by atoms with Crippen molar-refractivity contribution in [2.75, 3.05) is 11.9 Å². The number of H-pyrrole nitrogens is 1. The number of nitrogens with zero attached hydrogens (tertiary/aromatic N) is 2. The molecule has 0 saturated heterocycles. The molecule has 7 heteroatoms. The van der Waals surface area contributed by atoms with Gasteiger partial charge in [0.1, 0.15) is 5.25 Å². The third kappa shape index (κ3) is 3.85. The number of carbonyl (C=O) groups excluding carboxylic acids is 1. The van der Waals surface area contributed by atoms with Gasteiger partial charge in [0.15, 0.2) is 10.1 Å². The van der Waals surface area contributed by atoms with E-state index in [2.05, 4.69) is 27.1 Å². The summed E-state index contributed by atoms with van der Waals surface area (Å²) >= 11 is 2.86. The minimum Gasteiger partial charge on any atom is -0.360 e. The van der Waals surface area contributed by atoms with E-state index in [1.165, 1.54) is 23.1 Å². The topological polar surface area (TPSA) is 70.7 Å². The first-order valence-electron chi connectivity index (χ1n) is 8.76. The standard InChI is InChI=1S/C21H18N4OS2/c1-2-12-22-20-24-25-21(28-20)27-19(14-8-4-3-5-9-14)18(26)16-13-23-17-11-7-6-10-15(16)17/h2-11,13,19,23H,1,12H2,(H,22,24)/t19-/m1/s1. The highest BCUT2D eigenvalue weighted by Gasteiger charge is 2.27. The maximum absolute atomic E-state index is 13.5. The molecule has 140 valence electrons. The lowest BCUT2D eigenvalue weighted by Crippen LogP contribution is -2.09. The number of Topliss-reactive ketones (excluding diaryl/α,β-unsaturated/α-hetero) is 1. The van der Waals surface area contributed by atoms with Crippen molar-refractivity contribution in [2.45, 2.75) is 9.59 Å². The van der Waals surface area contributed by atoms with Gasteiger partial charge in [-0.3, -0.25) is 4.79 Å². The number of carbonyl (C=O) groups is 1. The van der Waals surface area contributed by atoms with Crippen molar-refractivity contribution in [3.05, 3.63) is 84.6 Å². The summed E-state index contributed by atoms with van der Waals surface area (Å²) in [6, 6.07) is 17.6. The van der Waals surface area contributed by atoms with Gasteiger partial charge in [0.25, 0.3) is 0 Å². The Kier molecular flexibility index (Phi) is 5.55. The molecule has 1 atom stereocenters. The van der Waals surface area contributed by atoms with Gasteiger partial charge in [0, 0.05) is 29.2 Å². The van der Waals surface area contributed by atoms with Crippen LogP contribution >= 0.6 is 23.1 Å². The first-order chi connectivity index (χ1) is 13.8. The maximum atomic E-state index is 13.5. The number of anilines is 1. The normalized spacial score (nSPS) is 12.0. The van der Waals surface area contributed by atoms with Crippen LogP contribution in [0.15, 0.2) is 77.8 Å². The van der Waals surface area contributed by atoms with Crippen LogP contribution in [-0.4, -0.2) is 27.5 Å². The van der Waals surface area contributed by atoms with Crippen molar-refractivity contribution in [3.63, 3.8) is 0 Å². The van der Waals surface area contributed by atoms with E-state index in [1.807, 2.05) is 54.6 Å². The number of fused-ring (bicyclic) bond motifs is 1. The van der Waals surface area contributed by atoms with Crippen molar-refractivity contribution in [1.82, 2.24) is 15.2 Å². The summed E-state index contributed by atoms with van der Waals surface area (Å²) in [7, 11) is 0. The molecule has 0 radical (unpaired) electrons. The molecule has 0 bridgehead atoms. The quantitative estimate of drug-likeness (QED) is 0.235. The Morgan fingerprint density at radius 3 is 2.79 bits per heavy atom. The minimum absolute atomic E-state index is 0.0458. The number of nitrogens with one attached hydrogen (secondary N) is 2. The van der Waals surface area contributed by atoms with Crippen LogP contribution in [-0.2, 0) is 0 Å². The number of aromatic nitrogens is 3. The average Bonchev–Trinajstić information content (AvgIpc) is 3.37. The molecular weight excluding hydrogens is 388 g/mol. The zero-order valence-electron chi connectivity index (χ0n) is 15.0. The fourth-order valence-electron chi connectivity index (χ4n) is 2.91. The van der Waals surface area contributed by atoms with Crippen LogP contribution in [0.2, 0.25) is 0 Å². The van der Waals surface area contributed by atoms with Crippen molar-refractivity contribution >= 4 is 44.9 Å². The summed E-state index contributed by atoms with van der Waals surface area (Å²) in [5, 5.41) is 12.8. The summed E-state index contributed by atoms with van der Waals surface area (Å²) < 4.78 is 0.744. The van der Waals surface area contributed by atoms with Gasteiger partial charge < -0.3 is 10.3 Å². The van der Waals surface area contributed by atoms with Gasteiger partial charge >= 0.3 is 0 Å². The zero-order chi connectivity index (χ0) is 19.3. The van der Waals surface area contributed by atoms with Gasteiger partial charge in [-0.05, 0) is 11.6 Å². The molecule has 2 aromatic carbocycles. The van der Waals surface area contributed by atoms with Crippen molar-refractivity contribution in [2.24, 2.45) is 0 Å². The fraction of sp³-hybridized carbons (Fsp3) is 0.0952. The van der Waals surface area contributed by atoms with E-state index in [9.17, 15) is 4.79 Å². The van der Waals surface area contributed by atoms with Crippen LogP contribution in [0, 0.1) is 0 Å². The number of benzene rings is 2. The molecule has 0 aliphatic rings. The molecule has 28 heavy (non-hydrogen) atoms. The highest BCUT2D eigenvalue weighted by molar-refractivity contribution is 8.02. The van der Waals surface area contributed by atoms with Gasteiger partial charge in [0.2, 0.25) is 5.13 Å². The number of hydrogen-bond acceptors (Lipinski definition) is 6. The summed E-state index contributed by atoms with van der Waals surface area (Å²) in [6.45, 7) is 4.31. The van der Waals surface area contributed by atoms with E-state index in [4.69, 9.17) is 0 Å².